The second-order valence-corrected chi connectivity index (χ2v) is 12.0. The van der Waals surface area contributed by atoms with Crippen LogP contribution in [-0.4, -0.2) is 42.2 Å². The van der Waals surface area contributed by atoms with Gasteiger partial charge in [0, 0.05) is 27.1 Å². The van der Waals surface area contributed by atoms with Gasteiger partial charge in [-0.25, -0.2) is 4.79 Å². The summed E-state index contributed by atoms with van der Waals surface area (Å²) in [7, 11) is 1.56. The molecule has 0 amide bonds. The highest BCUT2D eigenvalue weighted by Gasteiger charge is 2.62. The first-order chi connectivity index (χ1) is 18.5. The molecular weight excluding hydrogens is 518 g/mol. The van der Waals surface area contributed by atoms with Crippen LogP contribution in [0.5, 0.6) is 5.75 Å². The van der Waals surface area contributed by atoms with Crippen molar-refractivity contribution in [2.75, 3.05) is 13.7 Å². The molecule has 2 aliphatic rings. The predicted octanol–water partition coefficient (Wildman–Crippen LogP) is 6.14. The Morgan fingerprint density at radius 2 is 1.77 bits per heavy atom. The van der Waals surface area contributed by atoms with Crippen LogP contribution < -0.4 is 4.74 Å². The predicted molar refractivity (Wildman–Crippen MR) is 148 cm³/mol. The zero-order chi connectivity index (χ0) is 28.1. The lowest BCUT2D eigenvalue weighted by molar-refractivity contribution is -0.167. The topological polar surface area (TPSA) is 83.8 Å². The van der Waals surface area contributed by atoms with Crippen LogP contribution >= 0.6 is 11.6 Å². The molecule has 5 rings (SSSR count). The Labute approximate surface area is 233 Å². The Kier molecular flexibility index (Phi) is 7.00. The second-order valence-electron chi connectivity index (χ2n) is 11.5. The number of esters is 2. The monoisotopic (exact) mass is 551 g/mol. The number of aromatic nitrogens is 1. The normalized spacial score (nSPS) is 23.1. The summed E-state index contributed by atoms with van der Waals surface area (Å²) < 4.78 is 18.1. The van der Waals surface area contributed by atoms with E-state index in [0.717, 1.165) is 19.3 Å². The number of methoxy groups -OCH3 is 1. The first-order valence-corrected chi connectivity index (χ1v) is 13.7. The summed E-state index contributed by atoms with van der Waals surface area (Å²) in [5.74, 6) is -0.216. The van der Waals surface area contributed by atoms with E-state index in [9.17, 15) is 14.4 Å². The van der Waals surface area contributed by atoms with Crippen molar-refractivity contribution in [2.45, 2.75) is 59.5 Å². The standard InChI is InChI=1S/C31H34ClNO6/c1-18-23(16-27(34)38-17-28(35)39-26-14-20-12-13-31(26,4)30(20,2)3)24-15-22(37-5)10-11-25(24)33(18)29(36)19-6-8-21(32)9-7-19/h6-11,15,20,26H,12-14,16-17H2,1-5H3/t20?,26-,31?/m1/s1. The highest BCUT2D eigenvalue weighted by molar-refractivity contribution is 6.30. The van der Waals surface area contributed by atoms with E-state index in [-0.39, 0.29) is 29.3 Å². The fourth-order valence-corrected chi connectivity index (χ4v) is 6.76. The average Bonchev–Trinajstić information content (AvgIpc) is 3.38. The second kappa shape index (κ2) is 10.0. The van der Waals surface area contributed by atoms with Gasteiger partial charge in [-0.3, -0.25) is 14.2 Å². The third-order valence-electron chi connectivity index (χ3n) is 9.50. The third-order valence-corrected chi connectivity index (χ3v) is 9.75. The van der Waals surface area contributed by atoms with Gasteiger partial charge in [-0.15, -0.1) is 0 Å². The number of rotatable bonds is 7. The van der Waals surface area contributed by atoms with Crippen LogP contribution in [0, 0.1) is 23.7 Å². The molecule has 206 valence electrons. The highest BCUT2D eigenvalue weighted by atomic mass is 35.5. The number of benzene rings is 2. The van der Waals surface area contributed by atoms with Gasteiger partial charge in [-0.2, -0.15) is 0 Å². The number of nitrogens with zero attached hydrogens (tertiary/aromatic N) is 1. The molecule has 2 bridgehead atoms. The van der Waals surface area contributed by atoms with Crippen molar-refractivity contribution in [3.8, 4) is 5.75 Å². The first-order valence-electron chi connectivity index (χ1n) is 13.3. The zero-order valence-corrected chi connectivity index (χ0v) is 23.8. The van der Waals surface area contributed by atoms with E-state index < -0.39 is 18.5 Å². The number of fused-ring (bicyclic) bond motifs is 3. The molecule has 3 atom stereocenters. The van der Waals surface area contributed by atoms with Gasteiger partial charge in [0.1, 0.15) is 11.9 Å². The molecule has 0 spiro atoms. The Balaban J connectivity index is 1.32. The van der Waals surface area contributed by atoms with E-state index in [4.69, 9.17) is 25.8 Å². The fourth-order valence-electron chi connectivity index (χ4n) is 6.63. The maximum Gasteiger partial charge on any atom is 0.344 e. The van der Waals surface area contributed by atoms with Crippen LogP contribution in [0.2, 0.25) is 5.02 Å². The van der Waals surface area contributed by atoms with Gasteiger partial charge < -0.3 is 14.2 Å². The molecule has 8 heteroatoms. The summed E-state index contributed by atoms with van der Waals surface area (Å²) in [6.45, 7) is 8.05. The van der Waals surface area contributed by atoms with Crippen LogP contribution in [0.15, 0.2) is 42.5 Å². The fraction of sp³-hybridized carbons (Fsp3) is 0.452. The molecule has 2 saturated carbocycles. The highest BCUT2D eigenvalue weighted by Crippen LogP contribution is 2.66. The van der Waals surface area contributed by atoms with Crippen LogP contribution in [-0.2, 0) is 25.5 Å². The summed E-state index contributed by atoms with van der Waals surface area (Å²) in [4.78, 5) is 39.0. The molecule has 1 heterocycles. The van der Waals surface area contributed by atoms with Crippen LogP contribution in [0.1, 0.15) is 61.6 Å². The molecule has 39 heavy (non-hydrogen) atoms. The van der Waals surface area contributed by atoms with Gasteiger partial charge >= 0.3 is 11.9 Å². The molecule has 0 N–H and O–H groups in total. The minimum absolute atomic E-state index is 0.0635. The Bertz CT molecular complexity index is 1460. The molecule has 2 unspecified atom stereocenters. The molecular formula is C31H34ClNO6. The Hall–Kier alpha value is -3.32. The first kappa shape index (κ1) is 27.3. The van der Waals surface area contributed by atoms with Crippen molar-refractivity contribution < 1.29 is 28.6 Å². The minimum Gasteiger partial charge on any atom is -0.497 e. The van der Waals surface area contributed by atoms with Crippen LogP contribution in [0.3, 0.4) is 0 Å². The lowest BCUT2D eigenvalue weighted by atomic mass is 9.70. The molecule has 0 aliphatic heterocycles. The quantitative estimate of drug-likeness (QED) is 0.328. The van der Waals surface area contributed by atoms with Gasteiger partial charge in [0.15, 0.2) is 6.61 Å². The smallest absolute Gasteiger partial charge is 0.344 e. The lowest BCUT2D eigenvalue weighted by Gasteiger charge is -2.38. The van der Waals surface area contributed by atoms with E-state index in [1.54, 1.807) is 61.1 Å². The van der Waals surface area contributed by atoms with E-state index in [0.29, 0.717) is 44.4 Å². The van der Waals surface area contributed by atoms with Crippen molar-refractivity contribution in [2.24, 2.45) is 16.7 Å². The average molecular weight is 552 g/mol. The number of ether oxygens (including phenoxy) is 3. The number of hydrogen-bond donors (Lipinski definition) is 0. The van der Waals surface area contributed by atoms with Crippen molar-refractivity contribution in [3.63, 3.8) is 0 Å². The van der Waals surface area contributed by atoms with Crippen molar-refractivity contribution in [3.05, 3.63) is 64.3 Å². The molecule has 7 nitrogen and oxygen atoms in total. The summed E-state index contributed by atoms with van der Waals surface area (Å²) in [5.41, 5.74) is 2.39. The lowest BCUT2D eigenvalue weighted by Crippen LogP contribution is -2.39. The molecule has 2 aliphatic carbocycles. The number of hydrogen-bond acceptors (Lipinski definition) is 6. The van der Waals surface area contributed by atoms with E-state index in [2.05, 4.69) is 20.8 Å². The molecule has 2 aromatic carbocycles. The number of halogens is 1. The number of carbonyl (C=O) groups excluding carboxylic acids is 3. The largest absolute Gasteiger partial charge is 0.497 e. The maximum absolute atomic E-state index is 13.5. The van der Waals surface area contributed by atoms with Gasteiger partial charge in [0.25, 0.3) is 5.91 Å². The maximum atomic E-state index is 13.5. The van der Waals surface area contributed by atoms with E-state index in [1.807, 2.05) is 0 Å². The van der Waals surface area contributed by atoms with Gasteiger partial charge in [0.05, 0.1) is 19.0 Å². The molecule has 0 radical (unpaired) electrons. The van der Waals surface area contributed by atoms with Gasteiger partial charge in [-0.1, -0.05) is 32.4 Å². The molecule has 2 fully saturated rings. The van der Waals surface area contributed by atoms with E-state index >= 15 is 0 Å². The Morgan fingerprint density at radius 3 is 2.38 bits per heavy atom. The SMILES string of the molecule is COc1ccc2c(c1)c(CC(=O)OCC(=O)O[C@@H]1CC3CCC1(C)C3(C)C)c(C)n2C(=O)c1ccc(Cl)cc1. The third kappa shape index (κ3) is 4.61. The minimum atomic E-state index is -0.574. The summed E-state index contributed by atoms with van der Waals surface area (Å²) in [5, 5.41) is 1.23. The Morgan fingerprint density at radius 1 is 1.05 bits per heavy atom. The summed E-state index contributed by atoms with van der Waals surface area (Å²) in [6, 6.07) is 12.0. The summed E-state index contributed by atoms with van der Waals surface area (Å²) >= 11 is 6.00. The molecule has 3 aromatic rings. The van der Waals surface area contributed by atoms with Crippen LogP contribution in [0.25, 0.3) is 10.9 Å². The van der Waals surface area contributed by atoms with Crippen LogP contribution in [0.4, 0.5) is 0 Å². The van der Waals surface area contributed by atoms with Crippen molar-refractivity contribution in [1.82, 2.24) is 4.57 Å². The van der Waals surface area contributed by atoms with E-state index in [1.165, 1.54) is 0 Å². The van der Waals surface area contributed by atoms with Crippen molar-refractivity contribution in [1.29, 1.82) is 0 Å². The molecule has 0 saturated heterocycles. The van der Waals surface area contributed by atoms with Gasteiger partial charge in [-0.05, 0) is 85.5 Å². The van der Waals surface area contributed by atoms with Gasteiger partial charge in [0.2, 0.25) is 0 Å². The molecule has 1 aromatic heterocycles. The summed E-state index contributed by atoms with van der Waals surface area (Å²) in [6.07, 6.45) is 2.77. The zero-order valence-electron chi connectivity index (χ0n) is 23.0. The number of carbonyl (C=O) groups is 3. The van der Waals surface area contributed by atoms with Crippen molar-refractivity contribution >= 4 is 40.3 Å².